The predicted octanol–water partition coefficient (Wildman–Crippen LogP) is 3.14. The number of furan rings is 1. The monoisotopic (exact) mass is 225 g/mol. The summed E-state index contributed by atoms with van der Waals surface area (Å²) in [5.41, 5.74) is -0.0183. The van der Waals surface area contributed by atoms with E-state index >= 15 is 0 Å². The van der Waals surface area contributed by atoms with Crippen LogP contribution in [0, 0.1) is 0 Å². The second kappa shape index (κ2) is 6.06. The summed E-state index contributed by atoms with van der Waals surface area (Å²) < 4.78 is 11.1. The molecule has 0 aliphatic rings. The molecule has 1 atom stereocenters. The molecule has 0 aliphatic heterocycles. The van der Waals surface area contributed by atoms with E-state index in [4.69, 9.17) is 9.15 Å². The minimum Gasteiger partial charge on any atom is -0.468 e. The van der Waals surface area contributed by atoms with E-state index in [2.05, 4.69) is 33.0 Å². The largest absolute Gasteiger partial charge is 0.468 e. The highest BCUT2D eigenvalue weighted by atomic mass is 16.5. The molecule has 0 radical (unpaired) electrons. The normalized spacial score (nSPS) is 14.0. The van der Waals surface area contributed by atoms with Gasteiger partial charge in [0.15, 0.2) is 0 Å². The Kier molecular flexibility index (Phi) is 5.03. The van der Waals surface area contributed by atoms with Crippen LogP contribution in [0.3, 0.4) is 0 Å². The van der Waals surface area contributed by atoms with E-state index < -0.39 is 0 Å². The number of nitrogens with one attached hydrogen (secondary N) is 1. The van der Waals surface area contributed by atoms with Gasteiger partial charge in [0.25, 0.3) is 0 Å². The van der Waals surface area contributed by atoms with Crippen molar-refractivity contribution in [2.45, 2.75) is 45.8 Å². The fourth-order valence-electron chi connectivity index (χ4n) is 1.34. The number of ether oxygens (including phenoxy) is 1. The average Bonchev–Trinajstić information content (AvgIpc) is 2.77. The summed E-state index contributed by atoms with van der Waals surface area (Å²) in [5.74, 6) is 0.967. The third-order valence-electron chi connectivity index (χ3n) is 2.87. The highest BCUT2D eigenvalue weighted by Crippen LogP contribution is 2.14. The third-order valence-corrected chi connectivity index (χ3v) is 2.87. The van der Waals surface area contributed by atoms with Crippen LogP contribution < -0.4 is 5.32 Å². The molecule has 1 rings (SSSR count). The lowest BCUT2D eigenvalue weighted by Crippen LogP contribution is -2.29. The second-order valence-corrected chi connectivity index (χ2v) is 4.65. The SMILES string of the molecule is CCC(C)(C)OCCNC(C)c1ccco1. The first kappa shape index (κ1) is 13.3. The predicted molar refractivity (Wildman–Crippen MR) is 65.4 cm³/mol. The van der Waals surface area contributed by atoms with Crippen molar-refractivity contribution < 1.29 is 9.15 Å². The molecule has 0 bridgehead atoms. The minimum atomic E-state index is -0.0183. The van der Waals surface area contributed by atoms with Crippen molar-refractivity contribution in [3.05, 3.63) is 24.2 Å². The Morgan fingerprint density at radius 3 is 2.81 bits per heavy atom. The molecule has 0 aliphatic carbocycles. The molecule has 1 aromatic rings. The van der Waals surface area contributed by atoms with Gasteiger partial charge in [0.2, 0.25) is 0 Å². The smallest absolute Gasteiger partial charge is 0.120 e. The van der Waals surface area contributed by atoms with E-state index in [0.717, 1.165) is 25.3 Å². The Balaban J connectivity index is 2.16. The molecular weight excluding hydrogens is 202 g/mol. The topological polar surface area (TPSA) is 34.4 Å². The van der Waals surface area contributed by atoms with Gasteiger partial charge in [-0.3, -0.25) is 0 Å². The van der Waals surface area contributed by atoms with Crippen LogP contribution in [-0.2, 0) is 4.74 Å². The summed E-state index contributed by atoms with van der Waals surface area (Å²) >= 11 is 0. The van der Waals surface area contributed by atoms with Gasteiger partial charge < -0.3 is 14.5 Å². The molecule has 0 spiro atoms. The van der Waals surface area contributed by atoms with Gasteiger partial charge in [-0.05, 0) is 39.3 Å². The lowest BCUT2D eigenvalue weighted by molar-refractivity contribution is -0.0187. The molecule has 0 amide bonds. The molecule has 0 aromatic carbocycles. The molecule has 1 heterocycles. The Bertz CT molecular complexity index is 280. The lowest BCUT2D eigenvalue weighted by Gasteiger charge is -2.24. The van der Waals surface area contributed by atoms with E-state index in [1.54, 1.807) is 6.26 Å². The Labute approximate surface area is 98.2 Å². The van der Waals surface area contributed by atoms with Gasteiger partial charge in [0, 0.05) is 6.54 Å². The molecule has 0 saturated heterocycles. The molecule has 16 heavy (non-hydrogen) atoms. The first-order chi connectivity index (χ1) is 7.55. The summed E-state index contributed by atoms with van der Waals surface area (Å²) in [4.78, 5) is 0. The highest BCUT2D eigenvalue weighted by molar-refractivity contribution is 5.02. The fraction of sp³-hybridized carbons (Fsp3) is 0.692. The van der Waals surface area contributed by atoms with Crippen molar-refractivity contribution in [3.8, 4) is 0 Å². The summed E-state index contributed by atoms with van der Waals surface area (Å²) in [5, 5.41) is 3.36. The molecular formula is C13H23NO2. The summed E-state index contributed by atoms with van der Waals surface area (Å²) in [7, 11) is 0. The molecule has 0 saturated carbocycles. The molecule has 1 unspecified atom stereocenters. The Morgan fingerprint density at radius 1 is 1.50 bits per heavy atom. The summed E-state index contributed by atoms with van der Waals surface area (Å²) in [6.45, 7) is 10.0. The first-order valence-corrected chi connectivity index (χ1v) is 5.96. The zero-order chi connectivity index (χ0) is 12.0. The molecule has 92 valence electrons. The average molecular weight is 225 g/mol. The van der Waals surface area contributed by atoms with Gasteiger partial charge in [0.05, 0.1) is 24.5 Å². The van der Waals surface area contributed by atoms with E-state index in [9.17, 15) is 0 Å². The van der Waals surface area contributed by atoms with Crippen LogP contribution in [0.15, 0.2) is 22.8 Å². The summed E-state index contributed by atoms with van der Waals surface area (Å²) in [6.07, 6.45) is 2.73. The molecule has 0 fully saturated rings. The highest BCUT2D eigenvalue weighted by Gasteiger charge is 2.15. The Morgan fingerprint density at radius 2 is 2.25 bits per heavy atom. The van der Waals surface area contributed by atoms with E-state index in [-0.39, 0.29) is 11.6 Å². The van der Waals surface area contributed by atoms with Gasteiger partial charge in [-0.1, -0.05) is 6.92 Å². The van der Waals surface area contributed by atoms with Gasteiger partial charge >= 0.3 is 0 Å². The molecule has 3 heteroatoms. The fourth-order valence-corrected chi connectivity index (χ4v) is 1.34. The third kappa shape index (κ3) is 4.37. The van der Waals surface area contributed by atoms with E-state index in [0.29, 0.717) is 0 Å². The van der Waals surface area contributed by atoms with Crippen LogP contribution in [0.4, 0.5) is 0 Å². The summed E-state index contributed by atoms with van der Waals surface area (Å²) in [6, 6.07) is 4.13. The number of hydrogen-bond acceptors (Lipinski definition) is 3. The van der Waals surface area contributed by atoms with Crippen molar-refractivity contribution >= 4 is 0 Å². The van der Waals surface area contributed by atoms with Crippen molar-refractivity contribution in [2.75, 3.05) is 13.2 Å². The van der Waals surface area contributed by atoms with Crippen LogP contribution in [0.1, 0.15) is 45.9 Å². The van der Waals surface area contributed by atoms with Crippen LogP contribution in [0.2, 0.25) is 0 Å². The number of hydrogen-bond donors (Lipinski definition) is 1. The molecule has 1 aromatic heterocycles. The maximum Gasteiger partial charge on any atom is 0.120 e. The Hall–Kier alpha value is -0.800. The van der Waals surface area contributed by atoms with Gasteiger partial charge in [-0.2, -0.15) is 0 Å². The molecule has 1 N–H and O–H groups in total. The van der Waals surface area contributed by atoms with Crippen LogP contribution in [0.5, 0.6) is 0 Å². The van der Waals surface area contributed by atoms with E-state index in [1.165, 1.54) is 0 Å². The maximum atomic E-state index is 5.75. The quantitative estimate of drug-likeness (QED) is 0.724. The number of rotatable bonds is 7. The second-order valence-electron chi connectivity index (χ2n) is 4.65. The zero-order valence-corrected chi connectivity index (χ0v) is 10.7. The van der Waals surface area contributed by atoms with Crippen molar-refractivity contribution in [2.24, 2.45) is 0 Å². The lowest BCUT2D eigenvalue weighted by atomic mass is 10.1. The van der Waals surface area contributed by atoms with Crippen molar-refractivity contribution in [1.82, 2.24) is 5.32 Å². The maximum absolute atomic E-state index is 5.75. The standard InChI is InChI=1S/C13H23NO2/c1-5-13(3,4)16-10-8-14-11(2)12-7-6-9-15-12/h6-7,9,11,14H,5,8,10H2,1-4H3. The van der Waals surface area contributed by atoms with Crippen LogP contribution >= 0.6 is 0 Å². The minimum absolute atomic E-state index is 0.0183. The van der Waals surface area contributed by atoms with E-state index in [1.807, 2.05) is 12.1 Å². The zero-order valence-electron chi connectivity index (χ0n) is 10.7. The van der Waals surface area contributed by atoms with Crippen LogP contribution in [-0.4, -0.2) is 18.8 Å². The van der Waals surface area contributed by atoms with Gasteiger partial charge in [-0.15, -0.1) is 0 Å². The van der Waals surface area contributed by atoms with Crippen LogP contribution in [0.25, 0.3) is 0 Å². The first-order valence-electron chi connectivity index (χ1n) is 5.96. The molecule has 3 nitrogen and oxygen atoms in total. The van der Waals surface area contributed by atoms with Gasteiger partial charge in [-0.25, -0.2) is 0 Å². The van der Waals surface area contributed by atoms with Crippen molar-refractivity contribution in [1.29, 1.82) is 0 Å². The van der Waals surface area contributed by atoms with Crippen molar-refractivity contribution in [3.63, 3.8) is 0 Å². The van der Waals surface area contributed by atoms with Gasteiger partial charge in [0.1, 0.15) is 5.76 Å².